The smallest absolute Gasteiger partial charge is 0.152 e. The average molecular weight is 223 g/mol. The molecule has 16 heavy (non-hydrogen) atoms. The topological polar surface area (TPSA) is 51.8 Å². The van der Waals surface area contributed by atoms with E-state index in [9.17, 15) is 8.78 Å². The Morgan fingerprint density at radius 2 is 1.88 bits per heavy atom. The Balaban J connectivity index is 2.82. The van der Waals surface area contributed by atoms with Gasteiger partial charge >= 0.3 is 0 Å². The molecule has 0 amide bonds. The van der Waals surface area contributed by atoms with Crippen LogP contribution in [-0.2, 0) is 0 Å². The van der Waals surface area contributed by atoms with Gasteiger partial charge in [0.15, 0.2) is 5.82 Å². The molecule has 0 fully saturated rings. The van der Waals surface area contributed by atoms with Gasteiger partial charge in [0.1, 0.15) is 23.0 Å². The van der Waals surface area contributed by atoms with Crippen LogP contribution in [0.2, 0.25) is 0 Å². The molecule has 2 rings (SSSR count). The van der Waals surface area contributed by atoms with Gasteiger partial charge in [0.05, 0.1) is 0 Å². The van der Waals surface area contributed by atoms with Crippen molar-refractivity contribution in [3.05, 3.63) is 29.6 Å². The molecular weight excluding hydrogens is 212 g/mol. The summed E-state index contributed by atoms with van der Waals surface area (Å²) in [5.41, 5.74) is 5.72. The number of hydrogen-bond donors (Lipinski definition) is 1. The fraction of sp³-hybridized carbons (Fsp3) is 0.273. The molecule has 0 bridgehead atoms. The van der Waals surface area contributed by atoms with Gasteiger partial charge < -0.3 is 5.73 Å². The lowest BCUT2D eigenvalue weighted by Gasteiger charge is -2.08. The monoisotopic (exact) mass is 223 g/mol. The van der Waals surface area contributed by atoms with Crippen LogP contribution in [0.25, 0.3) is 10.9 Å². The second kappa shape index (κ2) is 3.66. The Kier molecular flexibility index (Phi) is 2.46. The fourth-order valence-electron chi connectivity index (χ4n) is 1.46. The molecule has 2 aromatic rings. The van der Waals surface area contributed by atoms with Crippen molar-refractivity contribution in [1.82, 2.24) is 9.97 Å². The Morgan fingerprint density at radius 3 is 2.50 bits per heavy atom. The summed E-state index contributed by atoms with van der Waals surface area (Å²) in [5.74, 6) is -0.803. The largest absolute Gasteiger partial charge is 0.383 e. The van der Waals surface area contributed by atoms with Crippen molar-refractivity contribution in [2.45, 2.75) is 19.8 Å². The number of halogens is 2. The molecule has 1 aromatic carbocycles. The molecule has 1 aromatic heterocycles. The molecule has 84 valence electrons. The zero-order valence-electron chi connectivity index (χ0n) is 8.96. The fourth-order valence-corrected chi connectivity index (χ4v) is 1.46. The molecule has 5 heteroatoms. The SMILES string of the molecule is CC(C)c1nc(N)c2cc(F)cc(F)c2n1. The maximum Gasteiger partial charge on any atom is 0.152 e. The maximum atomic E-state index is 13.5. The summed E-state index contributed by atoms with van der Waals surface area (Å²) in [6.45, 7) is 3.75. The minimum absolute atomic E-state index is 0.0381. The van der Waals surface area contributed by atoms with Crippen molar-refractivity contribution in [1.29, 1.82) is 0 Å². The van der Waals surface area contributed by atoms with Crippen molar-refractivity contribution in [3.8, 4) is 0 Å². The van der Waals surface area contributed by atoms with E-state index < -0.39 is 11.6 Å². The number of nitrogens with two attached hydrogens (primary N) is 1. The van der Waals surface area contributed by atoms with E-state index in [0.717, 1.165) is 12.1 Å². The molecule has 3 nitrogen and oxygen atoms in total. The summed E-state index contributed by atoms with van der Waals surface area (Å²) in [4.78, 5) is 8.06. The predicted octanol–water partition coefficient (Wildman–Crippen LogP) is 2.61. The second-order valence-corrected chi connectivity index (χ2v) is 3.91. The van der Waals surface area contributed by atoms with Crippen molar-refractivity contribution in [2.24, 2.45) is 0 Å². The van der Waals surface area contributed by atoms with Crippen molar-refractivity contribution in [2.75, 3.05) is 5.73 Å². The van der Waals surface area contributed by atoms with Crippen molar-refractivity contribution in [3.63, 3.8) is 0 Å². The van der Waals surface area contributed by atoms with Gasteiger partial charge in [0, 0.05) is 17.4 Å². The van der Waals surface area contributed by atoms with Crippen LogP contribution >= 0.6 is 0 Å². The third-order valence-corrected chi connectivity index (χ3v) is 2.28. The summed E-state index contributed by atoms with van der Waals surface area (Å²) in [7, 11) is 0. The highest BCUT2D eigenvalue weighted by atomic mass is 19.1. The number of hydrogen-bond acceptors (Lipinski definition) is 3. The van der Waals surface area contributed by atoms with Gasteiger partial charge in [-0.1, -0.05) is 13.8 Å². The molecule has 0 spiro atoms. The van der Waals surface area contributed by atoms with Gasteiger partial charge in [-0.15, -0.1) is 0 Å². The highest BCUT2D eigenvalue weighted by molar-refractivity contribution is 5.88. The van der Waals surface area contributed by atoms with E-state index in [1.165, 1.54) is 0 Å². The Morgan fingerprint density at radius 1 is 1.19 bits per heavy atom. The van der Waals surface area contributed by atoms with E-state index in [1.54, 1.807) is 0 Å². The minimum Gasteiger partial charge on any atom is -0.383 e. The first-order valence-corrected chi connectivity index (χ1v) is 4.91. The van der Waals surface area contributed by atoms with Gasteiger partial charge in [-0.05, 0) is 6.07 Å². The standard InChI is InChI=1S/C11H11F2N3/c1-5(2)11-15-9-7(10(14)16-11)3-6(12)4-8(9)13/h3-5H,1-2H3,(H2,14,15,16). The number of benzene rings is 1. The number of nitrogen functional groups attached to an aromatic ring is 1. The van der Waals surface area contributed by atoms with Crippen LogP contribution in [0.1, 0.15) is 25.6 Å². The van der Waals surface area contributed by atoms with Gasteiger partial charge in [-0.2, -0.15) is 0 Å². The normalized spacial score (nSPS) is 11.3. The zero-order valence-corrected chi connectivity index (χ0v) is 8.96. The van der Waals surface area contributed by atoms with Crippen molar-refractivity contribution >= 4 is 16.7 Å². The van der Waals surface area contributed by atoms with E-state index in [-0.39, 0.29) is 22.6 Å². The van der Waals surface area contributed by atoms with Gasteiger partial charge in [-0.3, -0.25) is 0 Å². The third-order valence-electron chi connectivity index (χ3n) is 2.28. The molecule has 0 aliphatic heterocycles. The molecule has 0 atom stereocenters. The molecule has 0 saturated heterocycles. The van der Waals surface area contributed by atoms with Crippen LogP contribution in [0, 0.1) is 11.6 Å². The first kappa shape index (κ1) is 10.7. The van der Waals surface area contributed by atoms with E-state index in [0.29, 0.717) is 5.82 Å². The van der Waals surface area contributed by atoms with Crippen LogP contribution in [0.3, 0.4) is 0 Å². The van der Waals surface area contributed by atoms with Gasteiger partial charge in [0.2, 0.25) is 0 Å². The second-order valence-electron chi connectivity index (χ2n) is 3.91. The van der Waals surface area contributed by atoms with Crippen LogP contribution in [0.15, 0.2) is 12.1 Å². The Hall–Kier alpha value is -1.78. The van der Waals surface area contributed by atoms with E-state index in [4.69, 9.17) is 5.73 Å². The molecule has 0 saturated carbocycles. The quantitative estimate of drug-likeness (QED) is 0.808. The lowest BCUT2D eigenvalue weighted by atomic mass is 10.1. The lowest BCUT2D eigenvalue weighted by Crippen LogP contribution is -2.04. The van der Waals surface area contributed by atoms with Crippen LogP contribution in [0.4, 0.5) is 14.6 Å². The number of anilines is 1. The Bertz CT molecular complexity index is 552. The van der Waals surface area contributed by atoms with Gasteiger partial charge in [-0.25, -0.2) is 18.7 Å². The summed E-state index contributed by atoms with van der Waals surface area (Å²) in [6.07, 6.45) is 0. The summed E-state index contributed by atoms with van der Waals surface area (Å²) < 4.78 is 26.5. The van der Waals surface area contributed by atoms with Crippen LogP contribution in [-0.4, -0.2) is 9.97 Å². The number of nitrogens with zero attached hydrogens (tertiary/aromatic N) is 2. The molecule has 0 aliphatic rings. The average Bonchev–Trinajstić information content (AvgIpc) is 2.19. The lowest BCUT2D eigenvalue weighted by molar-refractivity contribution is 0.589. The van der Waals surface area contributed by atoms with Crippen LogP contribution in [0.5, 0.6) is 0 Å². The molecular formula is C11H11F2N3. The third kappa shape index (κ3) is 1.68. The van der Waals surface area contributed by atoms with E-state index in [1.807, 2.05) is 13.8 Å². The predicted molar refractivity (Wildman–Crippen MR) is 58.0 cm³/mol. The van der Waals surface area contributed by atoms with E-state index >= 15 is 0 Å². The highest BCUT2D eigenvalue weighted by Crippen LogP contribution is 2.24. The summed E-state index contributed by atoms with van der Waals surface area (Å²) in [5, 5.41) is 0.210. The molecule has 0 unspecified atom stereocenters. The zero-order chi connectivity index (χ0) is 11.9. The highest BCUT2D eigenvalue weighted by Gasteiger charge is 2.12. The molecule has 2 N–H and O–H groups in total. The van der Waals surface area contributed by atoms with Crippen molar-refractivity contribution < 1.29 is 8.78 Å². The summed E-state index contributed by atoms with van der Waals surface area (Å²) >= 11 is 0. The molecule has 1 heterocycles. The Labute approximate surface area is 91.3 Å². The van der Waals surface area contributed by atoms with Gasteiger partial charge in [0.25, 0.3) is 0 Å². The first-order chi connectivity index (χ1) is 7.49. The number of rotatable bonds is 1. The van der Waals surface area contributed by atoms with Crippen LogP contribution < -0.4 is 5.73 Å². The molecule has 0 radical (unpaired) electrons. The summed E-state index contributed by atoms with van der Waals surface area (Å²) in [6, 6.07) is 1.93. The molecule has 0 aliphatic carbocycles. The number of aromatic nitrogens is 2. The van der Waals surface area contributed by atoms with E-state index in [2.05, 4.69) is 9.97 Å². The first-order valence-electron chi connectivity index (χ1n) is 4.91. The minimum atomic E-state index is -0.717. The maximum absolute atomic E-state index is 13.5. The number of fused-ring (bicyclic) bond motifs is 1.